The van der Waals surface area contributed by atoms with Crippen LogP contribution in [-0.4, -0.2) is 29.3 Å². The topological polar surface area (TPSA) is 78.5 Å². The van der Waals surface area contributed by atoms with E-state index in [-0.39, 0.29) is 12.2 Å². The fourth-order valence-electron chi connectivity index (χ4n) is 3.13. The van der Waals surface area contributed by atoms with E-state index in [1.807, 2.05) is 24.3 Å². The molecule has 3 aromatic carbocycles. The van der Waals surface area contributed by atoms with Crippen molar-refractivity contribution in [2.45, 2.75) is 16.7 Å². The van der Waals surface area contributed by atoms with E-state index in [0.29, 0.717) is 5.69 Å². The Bertz CT molecular complexity index is 1220. The first-order valence-corrected chi connectivity index (χ1v) is 11.7. The average molecular weight is 522 g/mol. The molecule has 0 spiro atoms. The van der Waals surface area contributed by atoms with Gasteiger partial charge in [0.15, 0.2) is 0 Å². The van der Waals surface area contributed by atoms with E-state index >= 15 is 0 Å². The Morgan fingerprint density at radius 3 is 2.21 bits per heavy atom. The lowest BCUT2D eigenvalue weighted by atomic mass is 10.2. The molecule has 0 atom stereocenters. The third-order valence-corrected chi connectivity index (χ3v) is 6.38. The van der Waals surface area contributed by atoms with Crippen LogP contribution >= 0.6 is 27.7 Å². The maximum absolute atomic E-state index is 12.7. The molecule has 1 heterocycles. The Morgan fingerprint density at radius 2 is 1.58 bits per heavy atom. The van der Waals surface area contributed by atoms with Crippen LogP contribution in [0, 0.1) is 6.92 Å². The predicted octanol–water partition coefficient (Wildman–Crippen LogP) is 5.44. The standard InChI is InChI=1S/C25H20BrN3O3S/c1-16-2-10-20(11-3-16)33-21-12-4-17(5-13-21)14-22-24(31)29(25(32)28-22)15-23(30)27-19-8-6-18(26)7-9-19/h2-14H,15H2,1H3,(H,27,30)(H,28,32)/b22-14-. The molecule has 1 aliphatic heterocycles. The van der Waals surface area contributed by atoms with Crippen LogP contribution in [0.4, 0.5) is 10.5 Å². The van der Waals surface area contributed by atoms with E-state index in [2.05, 4.69) is 57.8 Å². The van der Waals surface area contributed by atoms with Crippen LogP contribution in [0.3, 0.4) is 0 Å². The zero-order valence-electron chi connectivity index (χ0n) is 17.7. The van der Waals surface area contributed by atoms with Crippen molar-refractivity contribution < 1.29 is 14.4 Å². The van der Waals surface area contributed by atoms with E-state index in [4.69, 9.17) is 0 Å². The first-order chi connectivity index (χ1) is 15.9. The molecule has 0 aromatic heterocycles. The highest BCUT2D eigenvalue weighted by atomic mass is 79.9. The molecule has 0 aliphatic carbocycles. The SMILES string of the molecule is Cc1ccc(Sc2ccc(/C=C3\NC(=O)N(CC(=O)Nc4ccc(Br)cc4)C3=O)cc2)cc1. The van der Waals surface area contributed by atoms with E-state index in [9.17, 15) is 14.4 Å². The molecule has 33 heavy (non-hydrogen) atoms. The minimum Gasteiger partial charge on any atom is -0.325 e. The number of imide groups is 1. The van der Waals surface area contributed by atoms with Gasteiger partial charge in [-0.05, 0) is 67.1 Å². The van der Waals surface area contributed by atoms with Crippen molar-refractivity contribution in [3.8, 4) is 0 Å². The number of anilines is 1. The molecule has 166 valence electrons. The molecule has 8 heteroatoms. The van der Waals surface area contributed by atoms with Gasteiger partial charge in [0.2, 0.25) is 5.91 Å². The second-order valence-corrected chi connectivity index (χ2v) is 9.48. The number of urea groups is 1. The summed E-state index contributed by atoms with van der Waals surface area (Å²) >= 11 is 4.97. The third-order valence-electron chi connectivity index (χ3n) is 4.84. The van der Waals surface area contributed by atoms with Crippen LogP contribution in [0.5, 0.6) is 0 Å². The van der Waals surface area contributed by atoms with Gasteiger partial charge in [-0.3, -0.25) is 9.59 Å². The number of halogens is 1. The van der Waals surface area contributed by atoms with Crippen molar-refractivity contribution >= 4 is 57.3 Å². The second-order valence-electron chi connectivity index (χ2n) is 7.42. The zero-order valence-corrected chi connectivity index (χ0v) is 20.1. The lowest BCUT2D eigenvalue weighted by Crippen LogP contribution is -2.38. The van der Waals surface area contributed by atoms with Crippen molar-refractivity contribution in [3.05, 3.63) is 94.1 Å². The first-order valence-electron chi connectivity index (χ1n) is 10.1. The molecular formula is C25H20BrN3O3S. The van der Waals surface area contributed by atoms with Gasteiger partial charge in [-0.1, -0.05) is 57.5 Å². The number of hydrogen-bond acceptors (Lipinski definition) is 4. The van der Waals surface area contributed by atoms with Crippen molar-refractivity contribution in [2.24, 2.45) is 0 Å². The Labute approximate surface area is 204 Å². The lowest BCUT2D eigenvalue weighted by Gasteiger charge is -2.12. The van der Waals surface area contributed by atoms with Gasteiger partial charge in [0.05, 0.1) is 0 Å². The molecule has 6 nitrogen and oxygen atoms in total. The molecule has 1 aliphatic rings. The fourth-order valence-corrected chi connectivity index (χ4v) is 4.21. The highest BCUT2D eigenvalue weighted by Gasteiger charge is 2.34. The molecule has 4 amide bonds. The number of carbonyl (C=O) groups excluding carboxylic acids is 3. The number of hydrogen-bond donors (Lipinski definition) is 2. The van der Waals surface area contributed by atoms with Crippen molar-refractivity contribution in [1.82, 2.24) is 10.2 Å². The number of nitrogens with one attached hydrogen (secondary N) is 2. The highest BCUT2D eigenvalue weighted by molar-refractivity contribution is 9.10. The molecule has 1 fully saturated rings. The number of amides is 4. The summed E-state index contributed by atoms with van der Waals surface area (Å²) < 4.78 is 0.881. The van der Waals surface area contributed by atoms with Gasteiger partial charge >= 0.3 is 6.03 Å². The van der Waals surface area contributed by atoms with E-state index in [1.54, 1.807) is 42.1 Å². The number of carbonyl (C=O) groups is 3. The molecular weight excluding hydrogens is 502 g/mol. The Hall–Kier alpha value is -3.36. The van der Waals surface area contributed by atoms with Crippen LogP contribution in [0.15, 0.2) is 92.8 Å². The van der Waals surface area contributed by atoms with Gasteiger partial charge in [-0.15, -0.1) is 0 Å². The number of rotatable bonds is 6. The third kappa shape index (κ3) is 5.91. The van der Waals surface area contributed by atoms with Gasteiger partial charge in [0.25, 0.3) is 5.91 Å². The average Bonchev–Trinajstić information content (AvgIpc) is 3.05. The second kappa shape index (κ2) is 10.1. The molecule has 0 unspecified atom stereocenters. The number of nitrogens with zero attached hydrogens (tertiary/aromatic N) is 1. The molecule has 3 aromatic rings. The van der Waals surface area contributed by atoms with Crippen molar-refractivity contribution in [3.63, 3.8) is 0 Å². The molecule has 1 saturated heterocycles. The van der Waals surface area contributed by atoms with Crippen LogP contribution in [0.1, 0.15) is 11.1 Å². The molecule has 2 N–H and O–H groups in total. The van der Waals surface area contributed by atoms with Crippen molar-refractivity contribution in [1.29, 1.82) is 0 Å². The largest absolute Gasteiger partial charge is 0.329 e. The minimum absolute atomic E-state index is 0.135. The first kappa shape index (κ1) is 22.8. The van der Waals surface area contributed by atoms with Gasteiger partial charge in [-0.2, -0.15) is 0 Å². The van der Waals surface area contributed by atoms with E-state index in [0.717, 1.165) is 24.7 Å². The fraction of sp³-hybridized carbons (Fsp3) is 0.0800. The van der Waals surface area contributed by atoms with Crippen LogP contribution < -0.4 is 10.6 Å². The lowest BCUT2D eigenvalue weighted by molar-refractivity contribution is -0.127. The van der Waals surface area contributed by atoms with Gasteiger partial charge in [0, 0.05) is 20.0 Å². The Kier molecular flexibility index (Phi) is 6.96. The van der Waals surface area contributed by atoms with Crippen molar-refractivity contribution in [2.75, 3.05) is 11.9 Å². The Balaban J connectivity index is 1.39. The summed E-state index contributed by atoms with van der Waals surface area (Å²) in [5, 5.41) is 5.22. The smallest absolute Gasteiger partial charge is 0.325 e. The van der Waals surface area contributed by atoms with Gasteiger partial charge in [0.1, 0.15) is 12.2 Å². The van der Waals surface area contributed by atoms with Crippen LogP contribution in [0.2, 0.25) is 0 Å². The van der Waals surface area contributed by atoms with Crippen LogP contribution in [0.25, 0.3) is 6.08 Å². The number of aryl methyl sites for hydroxylation is 1. The summed E-state index contributed by atoms with van der Waals surface area (Å²) in [7, 11) is 0. The number of benzene rings is 3. The zero-order chi connectivity index (χ0) is 23.4. The quantitative estimate of drug-likeness (QED) is 0.334. The van der Waals surface area contributed by atoms with E-state index < -0.39 is 17.8 Å². The summed E-state index contributed by atoms with van der Waals surface area (Å²) in [5.74, 6) is -0.997. The summed E-state index contributed by atoms with van der Waals surface area (Å²) in [6, 6.07) is 22.4. The highest BCUT2D eigenvalue weighted by Crippen LogP contribution is 2.28. The maximum Gasteiger partial charge on any atom is 0.329 e. The molecule has 4 rings (SSSR count). The monoisotopic (exact) mass is 521 g/mol. The molecule has 0 bridgehead atoms. The summed E-state index contributed by atoms with van der Waals surface area (Å²) in [5.41, 5.74) is 2.70. The Morgan fingerprint density at radius 1 is 0.970 bits per heavy atom. The normalized spacial score (nSPS) is 14.5. The molecule has 0 radical (unpaired) electrons. The van der Waals surface area contributed by atoms with E-state index in [1.165, 1.54) is 5.56 Å². The summed E-state index contributed by atoms with van der Waals surface area (Å²) in [6.45, 7) is 1.68. The minimum atomic E-state index is -0.622. The maximum atomic E-state index is 12.7. The summed E-state index contributed by atoms with van der Waals surface area (Å²) in [6.07, 6.45) is 1.60. The van der Waals surface area contributed by atoms with Gasteiger partial charge in [-0.25, -0.2) is 9.69 Å². The van der Waals surface area contributed by atoms with Gasteiger partial charge < -0.3 is 10.6 Å². The summed E-state index contributed by atoms with van der Waals surface area (Å²) in [4.78, 5) is 40.3. The molecule has 0 saturated carbocycles. The predicted molar refractivity (Wildman–Crippen MR) is 133 cm³/mol. The van der Waals surface area contributed by atoms with Crippen LogP contribution in [-0.2, 0) is 9.59 Å².